The molecule has 0 aliphatic carbocycles. The summed E-state index contributed by atoms with van der Waals surface area (Å²) < 4.78 is 10.6. The van der Waals surface area contributed by atoms with E-state index in [4.69, 9.17) is 0 Å². The molecule has 0 radical (unpaired) electrons. The van der Waals surface area contributed by atoms with Crippen molar-refractivity contribution < 1.29 is 55.6 Å². The van der Waals surface area contributed by atoms with Crippen LogP contribution in [0.1, 0.15) is 0 Å². The summed E-state index contributed by atoms with van der Waals surface area (Å²) in [4.78, 5) is 9.33. The fraction of sp³-hybridized carbons (Fsp3) is 0. The Morgan fingerprint density at radius 3 is 1.67 bits per heavy atom. The Kier molecular flexibility index (Phi) is 2.78. The molecule has 1 aromatic rings. The summed E-state index contributed by atoms with van der Waals surface area (Å²) in [7, 11) is 0. The molecule has 5 heteroatoms. The molecule has 0 bridgehead atoms. The second-order valence-corrected chi connectivity index (χ2v) is 0.485. The Morgan fingerprint density at radius 2 is 1.67 bits per heavy atom. The molecule has 1 heterocycles. The van der Waals surface area contributed by atoms with E-state index in [-0.39, 0.29) is 41.7 Å². The van der Waals surface area contributed by atoms with Crippen molar-refractivity contribution in [3.8, 4) is 0 Å². The summed E-state index contributed by atoms with van der Waals surface area (Å²) in [6.45, 7) is 0. The van der Waals surface area contributed by atoms with Crippen LogP contribution in [-0.4, -0.2) is 0 Å². The van der Waals surface area contributed by atoms with Crippen LogP contribution in [0.2, 0.25) is 0 Å². The molecule has 0 aliphatic rings. The monoisotopic (exact) mass is 216 g/mol. The van der Waals surface area contributed by atoms with E-state index in [0.717, 1.165) is 0 Å². The van der Waals surface area contributed by atoms with Crippen LogP contribution in [-0.2, 0) is 0 Å². The van der Waals surface area contributed by atoms with Gasteiger partial charge in [-0.25, -0.2) is 0 Å². The second kappa shape index (κ2) is 2.59. The predicted octanol–water partition coefficient (Wildman–Crippen LogP) is -0.174. The third kappa shape index (κ3) is 1.27. The van der Waals surface area contributed by atoms with Gasteiger partial charge in [0, 0.05) is 41.7 Å². The van der Waals surface area contributed by atoms with Gasteiger partial charge in [0.15, 0.2) is 0 Å². The van der Waals surface area contributed by atoms with E-state index in [0.29, 0.717) is 0 Å². The molecule has 0 aromatic carbocycles. The van der Waals surface area contributed by atoms with Crippen molar-refractivity contribution in [1.29, 1.82) is 0 Å². The van der Waals surface area contributed by atoms with Crippen LogP contribution in [0, 0.1) is 41.7 Å². The van der Waals surface area contributed by atoms with Gasteiger partial charge in [-0.2, -0.15) is 13.9 Å². The van der Waals surface area contributed by atoms with E-state index in [1.807, 2.05) is 0 Å². The standard InChI is InChI=1S/CO4.Ce/c2-1-3-5-4-1;. The SMILES string of the molecule is O=c1ooo1.[Ce]. The Morgan fingerprint density at radius 1 is 1.33 bits per heavy atom. The fourth-order valence-electron chi connectivity index (χ4n) is 0.0618. The van der Waals surface area contributed by atoms with Gasteiger partial charge in [-0.3, -0.25) is 0 Å². The van der Waals surface area contributed by atoms with Gasteiger partial charge in [-0.1, -0.05) is 4.74 Å². The molecule has 6 heavy (non-hydrogen) atoms. The molecule has 0 atom stereocenters. The minimum Gasteiger partial charge on any atom is -0.197 e. The third-order valence-electron chi connectivity index (χ3n) is 0.204. The van der Waals surface area contributed by atoms with Crippen LogP contribution >= 0.6 is 0 Å². The summed E-state index contributed by atoms with van der Waals surface area (Å²) >= 11 is 0. The molecular weight excluding hydrogens is 216 g/mol. The van der Waals surface area contributed by atoms with E-state index < -0.39 is 5.82 Å². The first-order valence-corrected chi connectivity index (χ1v) is 0.946. The molecule has 0 saturated heterocycles. The van der Waals surface area contributed by atoms with Crippen LogP contribution in [0.25, 0.3) is 0 Å². The first-order chi connectivity index (χ1) is 2.39. The summed E-state index contributed by atoms with van der Waals surface area (Å²) in [5.41, 5.74) is 0. The Balaban J connectivity index is 0.000000250. The maximum Gasteiger partial charge on any atom is 0.597 e. The summed E-state index contributed by atoms with van der Waals surface area (Å²) in [5, 5.41) is 0. The zero-order valence-electron chi connectivity index (χ0n) is 2.63. The van der Waals surface area contributed by atoms with Gasteiger partial charge in [-0.05, 0) is 0 Å². The van der Waals surface area contributed by atoms with E-state index in [1.165, 1.54) is 0 Å². The van der Waals surface area contributed by atoms with Crippen LogP contribution in [0.4, 0.5) is 0 Å². The van der Waals surface area contributed by atoms with E-state index in [2.05, 4.69) is 13.9 Å². The average Bonchev–Trinajstić information content (AvgIpc) is 1.30. The topological polar surface area (TPSA) is 56.5 Å². The van der Waals surface area contributed by atoms with Crippen LogP contribution in [0.3, 0.4) is 0 Å². The molecule has 0 unspecified atom stereocenters. The molecule has 0 fully saturated rings. The molecular formula is CCeO4. The molecule has 1 rings (SSSR count). The number of hydrogen-bond donors (Lipinski definition) is 0. The Labute approximate surface area is 65.7 Å². The van der Waals surface area contributed by atoms with Crippen molar-refractivity contribution in [2.45, 2.75) is 0 Å². The zero-order valence-corrected chi connectivity index (χ0v) is 5.77. The van der Waals surface area contributed by atoms with Gasteiger partial charge >= 0.3 is 5.82 Å². The molecule has 32 valence electrons. The Bertz CT molecular complexity index is 122. The molecule has 0 spiro atoms. The van der Waals surface area contributed by atoms with Gasteiger partial charge in [0.25, 0.3) is 0 Å². The van der Waals surface area contributed by atoms with Gasteiger partial charge in [0.2, 0.25) is 0 Å². The summed E-state index contributed by atoms with van der Waals surface area (Å²) in [5.74, 6) is -0.787. The van der Waals surface area contributed by atoms with Crippen LogP contribution in [0.5, 0.6) is 0 Å². The number of rotatable bonds is 0. The van der Waals surface area contributed by atoms with E-state index in [1.54, 1.807) is 0 Å². The largest absolute Gasteiger partial charge is 0.597 e. The van der Waals surface area contributed by atoms with Gasteiger partial charge in [-0.15, -0.1) is 0 Å². The van der Waals surface area contributed by atoms with Crippen molar-refractivity contribution in [1.82, 2.24) is 0 Å². The first kappa shape index (κ1) is 6.45. The third-order valence-corrected chi connectivity index (χ3v) is 0.204. The first-order valence-electron chi connectivity index (χ1n) is 0.946. The quantitative estimate of drug-likeness (QED) is 0.565. The van der Waals surface area contributed by atoms with Gasteiger partial charge < -0.3 is 0 Å². The summed E-state index contributed by atoms with van der Waals surface area (Å²) in [6, 6.07) is 0. The minimum atomic E-state index is -0.787. The van der Waals surface area contributed by atoms with E-state index >= 15 is 0 Å². The summed E-state index contributed by atoms with van der Waals surface area (Å²) in [6.07, 6.45) is 0. The molecule has 4 nitrogen and oxygen atoms in total. The van der Waals surface area contributed by atoms with Crippen molar-refractivity contribution in [3.63, 3.8) is 0 Å². The van der Waals surface area contributed by atoms with Gasteiger partial charge in [0.1, 0.15) is 0 Å². The van der Waals surface area contributed by atoms with Crippen molar-refractivity contribution in [2.24, 2.45) is 0 Å². The molecule has 1 aromatic heterocycles. The second-order valence-electron chi connectivity index (χ2n) is 0.485. The molecule has 0 saturated carbocycles. The normalized spacial score (nSPS) is 7.33. The fourth-order valence-corrected chi connectivity index (χ4v) is 0.0618. The molecule has 0 amide bonds. The van der Waals surface area contributed by atoms with Crippen molar-refractivity contribution >= 4 is 0 Å². The molecule has 0 N–H and O–H groups in total. The van der Waals surface area contributed by atoms with Crippen LogP contribution in [0.15, 0.2) is 18.7 Å². The zero-order chi connectivity index (χ0) is 3.70. The van der Waals surface area contributed by atoms with Crippen molar-refractivity contribution in [2.75, 3.05) is 0 Å². The Hall–Kier alpha value is 0.447. The minimum absolute atomic E-state index is 0. The maximum absolute atomic E-state index is 9.33. The van der Waals surface area contributed by atoms with E-state index in [9.17, 15) is 4.79 Å². The van der Waals surface area contributed by atoms with Gasteiger partial charge in [0.05, 0.1) is 0 Å². The smallest absolute Gasteiger partial charge is 0.197 e. The van der Waals surface area contributed by atoms with Crippen LogP contribution < -0.4 is 5.82 Å². The molecule has 0 aliphatic heterocycles. The maximum atomic E-state index is 9.33. The van der Waals surface area contributed by atoms with Crippen molar-refractivity contribution in [3.05, 3.63) is 10.6 Å². The average molecular weight is 216 g/mol. The predicted molar refractivity (Wildman–Crippen MR) is 9.51 cm³/mol. The number of hydrogen-bond acceptors (Lipinski definition) is 4.